The Morgan fingerprint density at radius 3 is 2.02 bits per heavy atom. The zero-order valence-electron chi connectivity index (χ0n) is 24.1. The number of rotatable bonds is 9. The van der Waals surface area contributed by atoms with Crippen molar-refractivity contribution in [3.63, 3.8) is 0 Å². The van der Waals surface area contributed by atoms with Crippen molar-refractivity contribution in [2.75, 3.05) is 0 Å². The summed E-state index contributed by atoms with van der Waals surface area (Å²) >= 11 is 0. The Labute approximate surface area is 253 Å². The average Bonchev–Trinajstić information content (AvgIpc) is 3.01. The van der Waals surface area contributed by atoms with E-state index >= 15 is 0 Å². The Kier molecular flexibility index (Phi) is 9.27. The van der Waals surface area contributed by atoms with E-state index in [2.05, 4.69) is 51.2 Å². The largest absolute Gasteiger partial charge is 0.573 e. The number of amides is 1. The van der Waals surface area contributed by atoms with Gasteiger partial charge in [-0.05, 0) is 65.6 Å². The molecule has 1 saturated carbocycles. The van der Waals surface area contributed by atoms with Crippen molar-refractivity contribution in [1.29, 1.82) is 0 Å². The van der Waals surface area contributed by atoms with Crippen LogP contribution in [-0.4, -0.2) is 39.4 Å². The summed E-state index contributed by atoms with van der Waals surface area (Å²) in [6.07, 6.45) is 3.74. The van der Waals surface area contributed by atoms with E-state index in [0.717, 1.165) is 46.9 Å². The molecule has 0 unspecified atom stereocenters. The van der Waals surface area contributed by atoms with Gasteiger partial charge < -0.3 is 15.2 Å². The van der Waals surface area contributed by atoms with Gasteiger partial charge in [0.1, 0.15) is 11.8 Å². The van der Waals surface area contributed by atoms with Crippen LogP contribution in [0.1, 0.15) is 60.0 Å². The number of aliphatic carboxylic acids is 1. The summed E-state index contributed by atoms with van der Waals surface area (Å²) in [5.41, 5.74) is 4.75. The van der Waals surface area contributed by atoms with Crippen LogP contribution in [0, 0.1) is 5.92 Å². The third kappa shape index (κ3) is 8.00. The van der Waals surface area contributed by atoms with Crippen molar-refractivity contribution >= 4 is 11.9 Å². The summed E-state index contributed by atoms with van der Waals surface area (Å²) in [5.74, 6) is -0.500. The van der Waals surface area contributed by atoms with Gasteiger partial charge in [0.2, 0.25) is 0 Å². The van der Waals surface area contributed by atoms with Gasteiger partial charge in [0.05, 0.1) is 0 Å². The van der Waals surface area contributed by atoms with Gasteiger partial charge in [0, 0.05) is 35.5 Å². The van der Waals surface area contributed by atoms with E-state index in [1.54, 1.807) is 36.7 Å². The first kappa shape index (κ1) is 30.7. The van der Waals surface area contributed by atoms with Gasteiger partial charge in [0.25, 0.3) is 5.91 Å². The molecular formula is C34H32F3N3O4. The second kappa shape index (κ2) is 13.3. The first-order valence-electron chi connectivity index (χ1n) is 14.5. The maximum atomic E-state index is 12.6. The van der Waals surface area contributed by atoms with Crippen LogP contribution in [-0.2, 0) is 11.2 Å². The van der Waals surface area contributed by atoms with Crippen LogP contribution in [0.3, 0.4) is 0 Å². The highest BCUT2D eigenvalue weighted by molar-refractivity contribution is 5.96. The van der Waals surface area contributed by atoms with Crippen LogP contribution in [0.25, 0.3) is 22.5 Å². The number of carboxylic acid groups (broad SMARTS) is 1. The van der Waals surface area contributed by atoms with E-state index in [-0.39, 0.29) is 12.0 Å². The minimum atomic E-state index is -4.86. The van der Waals surface area contributed by atoms with Gasteiger partial charge in [0.15, 0.2) is 5.82 Å². The molecule has 1 amide bonds. The fourth-order valence-electron chi connectivity index (χ4n) is 5.44. The lowest BCUT2D eigenvalue weighted by Gasteiger charge is -2.26. The Hall–Kier alpha value is -4.73. The summed E-state index contributed by atoms with van der Waals surface area (Å²) in [5, 5.41) is 12.1. The number of ether oxygens (including phenoxy) is 1. The first-order chi connectivity index (χ1) is 21.0. The van der Waals surface area contributed by atoms with E-state index in [9.17, 15) is 27.9 Å². The van der Waals surface area contributed by atoms with E-state index in [1.807, 2.05) is 0 Å². The number of benzene rings is 3. The molecule has 0 aliphatic heterocycles. The number of nitrogens with one attached hydrogen (secondary N) is 1. The molecule has 1 aliphatic carbocycles. The highest BCUT2D eigenvalue weighted by Crippen LogP contribution is 2.36. The van der Waals surface area contributed by atoms with Gasteiger partial charge in [-0.1, -0.05) is 68.3 Å². The molecule has 1 aromatic heterocycles. The third-order valence-corrected chi connectivity index (χ3v) is 7.99. The molecule has 7 nitrogen and oxygen atoms in total. The van der Waals surface area contributed by atoms with E-state index in [0.29, 0.717) is 17.3 Å². The van der Waals surface area contributed by atoms with Gasteiger partial charge in [-0.2, -0.15) is 0 Å². The smallest absolute Gasteiger partial charge is 0.480 e. The summed E-state index contributed by atoms with van der Waals surface area (Å²) < 4.78 is 40.9. The average molecular weight is 604 g/mol. The maximum absolute atomic E-state index is 12.6. The van der Waals surface area contributed by atoms with Crippen molar-refractivity contribution in [1.82, 2.24) is 15.3 Å². The molecule has 228 valence electrons. The van der Waals surface area contributed by atoms with Crippen molar-refractivity contribution in [2.45, 2.75) is 57.3 Å². The second-order valence-electron chi connectivity index (χ2n) is 11.2. The Balaban J connectivity index is 1.19. The van der Waals surface area contributed by atoms with Crippen molar-refractivity contribution in [2.24, 2.45) is 5.92 Å². The number of aromatic nitrogens is 2. The second-order valence-corrected chi connectivity index (χ2v) is 11.2. The van der Waals surface area contributed by atoms with Gasteiger partial charge >= 0.3 is 12.3 Å². The normalized spacial score (nSPS) is 17.5. The van der Waals surface area contributed by atoms with Gasteiger partial charge in [-0.25, -0.2) is 14.8 Å². The SMILES string of the molecule is CC1CCC(c2ccc(-c3cnc(-c4ccc(C[C@H](NC(=O)c5ccc(OC(F)(F)F)cc5)C(=O)O)cc4)nc3)cc2)CC1. The fourth-order valence-corrected chi connectivity index (χ4v) is 5.44. The number of carboxylic acids is 1. The molecule has 10 heteroatoms. The van der Waals surface area contributed by atoms with Crippen molar-refractivity contribution < 1.29 is 32.6 Å². The van der Waals surface area contributed by atoms with Crippen LogP contribution in [0.5, 0.6) is 5.75 Å². The third-order valence-electron chi connectivity index (χ3n) is 7.99. The lowest BCUT2D eigenvalue weighted by molar-refractivity contribution is -0.274. The van der Waals surface area contributed by atoms with Crippen molar-refractivity contribution in [3.05, 3.63) is 102 Å². The molecule has 1 aliphatic rings. The summed E-state index contributed by atoms with van der Waals surface area (Å²) in [7, 11) is 0. The summed E-state index contributed by atoms with van der Waals surface area (Å²) in [4.78, 5) is 33.5. The quantitative estimate of drug-likeness (QED) is 0.206. The van der Waals surface area contributed by atoms with Gasteiger partial charge in [-0.3, -0.25) is 4.79 Å². The zero-order chi connectivity index (χ0) is 31.3. The molecule has 44 heavy (non-hydrogen) atoms. The van der Waals surface area contributed by atoms with E-state index in [1.165, 1.54) is 31.2 Å². The van der Waals surface area contributed by atoms with Crippen LogP contribution in [0.4, 0.5) is 13.2 Å². The van der Waals surface area contributed by atoms with Crippen LogP contribution in [0.15, 0.2) is 85.2 Å². The molecule has 3 aromatic carbocycles. The molecule has 1 atom stereocenters. The van der Waals surface area contributed by atoms with Crippen LogP contribution >= 0.6 is 0 Å². The first-order valence-corrected chi connectivity index (χ1v) is 14.5. The number of halogens is 3. The predicted molar refractivity (Wildman–Crippen MR) is 159 cm³/mol. The lowest BCUT2D eigenvalue weighted by Crippen LogP contribution is -2.42. The topological polar surface area (TPSA) is 101 Å². The molecule has 2 N–H and O–H groups in total. The van der Waals surface area contributed by atoms with Gasteiger partial charge in [-0.15, -0.1) is 13.2 Å². The molecular weight excluding hydrogens is 571 g/mol. The summed E-state index contributed by atoms with van der Waals surface area (Å²) in [6.45, 7) is 2.32. The Morgan fingerprint density at radius 1 is 0.864 bits per heavy atom. The Morgan fingerprint density at radius 2 is 1.45 bits per heavy atom. The molecule has 1 heterocycles. The standard InChI is InChI=1S/C34H32F3N3O4/c1-21-2-6-23(7-3-21)24-10-12-25(13-11-24)28-19-38-31(39-20-28)26-8-4-22(5-9-26)18-30(33(42)43)40-32(41)27-14-16-29(17-15-27)44-34(35,36)37/h4-5,8-17,19-21,23,30H,2-3,6-7,18H2,1H3,(H,40,41)(H,42,43)/t21?,23?,30-/m0/s1. The number of hydrogen-bond donors (Lipinski definition) is 2. The van der Waals surface area contributed by atoms with E-state index < -0.39 is 30.0 Å². The number of carbonyl (C=O) groups is 2. The number of hydrogen-bond acceptors (Lipinski definition) is 5. The molecule has 0 radical (unpaired) electrons. The van der Waals surface area contributed by atoms with Crippen LogP contribution in [0.2, 0.25) is 0 Å². The number of carbonyl (C=O) groups excluding carboxylic acids is 1. The van der Waals surface area contributed by atoms with Crippen LogP contribution < -0.4 is 10.1 Å². The molecule has 0 spiro atoms. The zero-order valence-corrected chi connectivity index (χ0v) is 24.1. The molecule has 0 bridgehead atoms. The monoisotopic (exact) mass is 603 g/mol. The van der Waals surface area contributed by atoms with E-state index in [4.69, 9.17) is 0 Å². The lowest BCUT2D eigenvalue weighted by atomic mass is 9.79. The minimum absolute atomic E-state index is 0.00320. The number of alkyl halides is 3. The molecule has 5 rings (SSSR count). The summed E-state index contributed by atoms with van der Waals surface area (Å²) in [6, 6.07) is 18.7. The molecule has 0 saturated heterocycles. The predicted octanol–water partition coefficient (Wildman–Crippen LogP) is 7.43. The van der Waals surface area contributed by atoms with Crippen molar-refractivity contribution in [3.8, 4) is 28.3 Å². The maximum Gasteiger partial charge on any atom is 0.573 e. The highest BCUT2D eigenvalue weighted by Gasteiger charge is 2.31. The highest BCUT2D eigenvalue weighted by atomic mass is 19.4. The minimum Gasteiger partial charge on any atom is -0.480 e. The fraction of sp³-hybridized carbons (Fsp3) is 0.294. The number of nitrogens with zero attached hydrogens (tertiary/aromatic N) is 2. The Bertz CT molecular complexity index is 1570. The molecule has 4 aromatic rings. The molecule has 1 fully saturated rings.